The SMILES string of the molecule is O=S(=O)(NCCCl)c1cc(F)ccc1F. The van der Waals surface area contributed by atoms with Crippen LogP contribution in [0.25, 0.3) is 0 Å². The molecule has 1 aromatic rings. The first kappa shape index (κ1) is 12.4. The van der Waals surface area contributed by atoms with E-state index in [1.165, 1.54) is 0 Å². The van der Waals surface area contributed by atoms with Crippen LogP contribution in [0.5, 0.6) is 0 Å². The summed E-state index contributed by atoms with van der Waals surface area (Å²) in [6, 6.07) is 2.21. The van der Waals surface area contributed by atoms with Gasteiger partial charge in [0.25, 0.3) is 0 Å². The molecule has 0 amide bonds. The summed E-state index contributed by atoms with van der Waals surface area (Å²) in [7, 11) is -4.03. The van der Waals surface area contributed by atoms with E-state index in [1.807, 2.05) is 4.72 Å². The second-order valence-electron chi connectivity index (χ2n) is 2.66. The third-order valence-corrected chi connectivity index (χ3v) is 3.23. The van der Waals surface area contributed by atoms with Gasteiger partial charge < -0.3 is 0 Å². The molecule has 0 atom stereocenters. The highest BCUT2D eigenvalue weighted by atomic mass is 35.5. The summed E-state index contributed by atoms with van der Waals surface area (Å²) in [6.07, 6.45) is 0. The third kappa shape index (κ3) is 3.12. The standard InChI is InChI=1S/C8H8ClF2NO2S/c9-3-4-12-15(13,14)8-5-6(10)1-2-7(8)11/h1-2,5,12H,3-4H2. The molecule has 0 spiro atoms. The van der Waals surface area contributed by atoms with E-state index in [9.17, 15) is 17.2 Å². The van der Waals surface area contributed by atoms with Crippen molar-refractivity contribution >= 4 is 21.6 Å². The van der Waals surface area contributed by atoms with Gasteiger partial charge in [0.05, 0.1) is 0 Å². The summed E-state index contributed by atoms with van der Waals surface area (Å²) >= 11 is 5.27. The second kappa shape index (κ2) is 4.87. The van der Waals surface area contributed by atoms with Crippen molar-refractivity contribution in [3.63, 3.8) is 0 Å². The molecule has 0 fully saturated rings. The number of halogens is 3. The van der Waals surface area contributed by atoms with Crippen molar-refractivity contribution in [1.82, 2.24) is 4.72 Å². The lowest BCUT2D eigenvalue weighted by atomic mass is 10.3. The van der Waals surface area contributed by atoms with Crippen molar-refractivity contribution < 1.29 is 17.2 Å². The lowest BCUT2D eigenvalue weighted by molar-refractivity contribution is 0.547. The van der Waals surface area contributed by atoms with E-state index in [0.29, 0.717) is 6.07 Å². The molecule has 0 unspecified atom stereocenters. The summed E-state index contributed by atoms with van der Waals surface area (Å²) in [6.45, 7) is -0.0418. The summed E-state index contributed by atoms with van der Waals surface area (Å²) < 4.78 is 50.6. The lowest BCUT2D eigenvalue weighted by Gasteiger charge is -2.05. The molecule has 0 radical (unpaired) electrons. The van der Waals surface area contributed by atoms with Crippen molar-refractivity contribution in [2.24, 2.45) is 0 Å². The minimum Gasteiger partial charge on any atom is -0.210 e. The molecule has 84 valence electrons. The molecule has 0 saturated carbocycles. The van der Waals surface area contributed by atoms with Crippen molar-refractivity contribution in [1.29, 1.82) is 0 Å². The van der Waals surface area contributed by atoms with Gasteiger partial charge in [-0.05, 0) is 18.2 Å². The quantitative estimate of drug-likeness (QED) is 0.829. The van der Waals surface area contributed by atoms with Crippen molar-refractivity contribution in [3.8, 4) is 0 Å². The summed E-state index contributed by atoms with van der Waals surface area (Å²) in [5.74, 6) is -1.77. The molecule has 0 aliphatic rings. The Morgan fingerprint density at radius 3 is 2.60 bits per heavy atom. The highest BCUT2D eigenvalue weighted by Gasteiger charge is 2.18. The van der Waals surface area contributed by atoms with Crippen LogP contribution in [0.3, 0.4) is 0 Å². The average molecular weight is 256 g/mol. The first-order valence-electron chi connectivity index (χ1n) is 3.98. The molecular formula is C8H8ClF2NO2S. The van der Waals surface area contributed by atoms with E-state index in [4.69, 9.17) is 11.6 Å². The number of alkyl halides is 1. The molecule has 0 aliphatic carbocycles. The minimum absolute atomic E-state index is 0.0418. The fourth-order valence-corrected chi connectivity index (χ4v) is 2.26. The molecule has 15 heavy (non-hydrogen) atoms. The molecule has 3 nitrogen and oxygen atoms in total. The Bertz CT molecular complexity index is 450. The maximum absolute atomic E-state index is 13.1. The van der Waals surface area contributed by atoms with E-state index in [1.54, 1.807) is 0 Å². The zero-order chi connectivity index (χ0) is 11.5. The Kier molecular flexibility index (Phi) is 4.01. The minimum atomic E-state index is -4.03. The molecule has 7 heteroatoms. The first-order chi connectivity index (χ1) is 6.97. The van der Waals surface area contributed by atoms with Gasteiger partial charge in [-0.2, -0.15) is 0 Å². The Morgan fingerprint density at radius 2 is 2.00 bits per heavy atom. The molecule has 1 N–H and O–H groups in total. The van der Waals surface area contributed by atoms with Gasteiger partial charge in [0, 0.05) is 12.4 Å². The number of hydrogen-bond acceptors (Lipinski definition) is 2. The molecule has 1 rings (SSSR count). The van der Waals surface area contributed by atoms with Crippen LogP contribution >= 0.6 is 11.6 Å². The summed E-state index contributed by atoms with van der Waals surface area (Å²) in [5.41, 5.74) is 0. The average Bonchev–Trinajstić information content (AvgIpc) is 2.18. The normalized spacial score (nSPS) is 11.7. The van der Waals surface area contributed by atoms with Crippen molar-refractivity contribution in [3.05, 3.63) is 29.8 Å². The number of rotatable bonds is 4. The third-order valence-electron chi connectivity index (χ3n) is 1.57. The molecule has 0 aromatic heterocycles. The Labute approximate surface area is 91.1 Å². The predicted octanol–water partition coefficient (Wildman–Crippen LogP) is 1.48. The van der Waals surface area contributed by atoms with Gasteiger partial charge in [-0.3, -0.25) is 0 Å². The van der Waals surface area contributed by atoms with Gasteiger partial charge in [0.2, 0.25) is 10.0 Å². The van der Waals surface area contributed by atoms with E-state index in [2.05, 4.69) is 0 Å². The van der Waals surface area contributed by atoms with Gasteiger partial charge in [0.15, 0.2) is 0 Å². The number of benzene rings is 1. The molecule has 0 saturated heterocycles. The van der Waals surface area contributed by atoms with Crippen LogP contribution in [0.15, 0.2) is 23.1 Å². The van der Waals surface area contributed by atoms with Crippen LogP contribution in [0, 0.1) is 11.6 Å². The van der Waals surface area contributed by atoms with Crippen LogP contribution in [0.1, 0.15) is 0 Å². The maximum Gasteiger partial charge on any atom is 0.243 e. The molecule has 1 aromatic carbocycles. The van der Waals surface area contributed by atoms with Crippen LogP contribution < -0.4 is 4.72 Å². The summed E-state index contributed by atoms with van der Waals surface area (Å²) in [5, 5.41) is 0. The first-order valence-corrected chi connectivity index (χ1v) is 6.00. The highest BCUT2D eigenvalue weighted by molar-refractivity contribution is 7.89. The Hall–Kier alpha value is -0.720. The van der Waals surface area contributed by atoms with E-state index >= 15 is 0 Å². The molecule has 0 aliphatic heterocycles. The zero-order valence-electron chi connectivity index (χ0n) is 7.50. The van der Waals surface area contributed by atoms with E-state index in [-0.39, 0.29) is 12.4 Å². The van der Waals surface area contributed by atoms with E-state index < -0.39 is 26.6 Å². The van der Waals surface area contributed by atoms with Crippen molar-refractivity contribution in [2.75, 3.05) is 12.4 Å². The fraction of sp³-hybridized carbons (Fsp3) is 0.250. The van der Waals surface area contributed by atoms with Crippen LogP contribution in [-0.2, 0) is 10.0 Å². The van der Waals surface area contributed by atoms with Gasteiger partial charge in [0.1, 0.15) is 16.5 Å². The van der Waals surface area contributed by atoms with Crippen LogP contribution in [0.2, 0.25) is 0 Å². The number of hydrogen-bond donors (Lipinski definition) is 1. The predicted molar refractivity (Wildman–Crippen MR) is 52.3 cm³/mol. The monoisotopic (exact) mass is 255 g/mol. The maximum atomic E-state index is 13.1. The zero-order valence-corrected chi connectivity index (χ0v) is 9.08. The fourth-order valence-electron chi connectivity index (χ4n) is 0.934. The van der Waals surface area contributed by atoms with Crippen molar-refractivity contribution in [2.45, 2.75) is 4.90 Å². The number of nitrogens with one attached hydrogen (secondary N) is 1. The van der Waals surface area contributed by atoms with Gasteiger partial charge in [-0.1, -0.05) is 0 Å². The van der Waals surface area contributed by atoms with Gasteiger partial charge in [-0.15, -0.1) is 11.6 Å². The Morgan fingerprint density at radius 1 is 1.33 bits per heavy atom. The molecular weight excluding hydrogens is 248 g/mol. The van der Waals surface area contributed by atoms with Crippen LogP contribution in [-0.4, -0.2) is 20.8 Å². The second-order valence-corrected chi connectivity index (χ2v) is 4.77. The molecule has 0 bridgehead atoms. The van der Waals surface area contributed by atoms with Crippen LogP contribution in [0.4, 0.5) is 8.78 Å². The smallest absolute Gasteiger partial charge is 0.210 e. The summed E-state index contributed by atoms with van der Waals surface area (Å²) in [4.78, 5) is -0.715. The van der Waals surface area contributed by atoms with E-state index in [0.717, 1.165) is 12.1 Å². The largest absolute Gasteiger partial charge is 0.243 e. The Balaban J connectivity index is 3.09. The lowest BCUT2D eigenvalue weighted by Crippen LogP contribution is -2.26. The topological polar surface area (TPSA) is 46.2 Å². The molecule has 0 heterocycles. The highest BCUT2D eigenvalue weighted by Crippen LogP contribution is 2.15. The van der Waals surface area contributed by atoms with Gasteiger partial charge >= 0.3 is 0 Å². The number of sulfonamides is 1. The van der Waals surface area contributed by atoms with Gasteiger partial charge in [-0.25, -0.2) is 21.9 Å².